The third-order valence-electron chi connectivity index (χ3n) is 8.35. The number of carbonyl (C=O) groups is 2. The minimum Gasteiger partial charge on any atom is -0.351 e. The highest BCUT2D eigenvalue weighted by molar-refractivity contribution is 7.22. The second kappa shape index (κ2) is 12.8. The molecule has 0 radical (unpaired) electrons. The van der Waals surface area contributed by atoms with E-state index in [1.807, 2.05) is 79.0 Å². The Morgan fingerprint density at radius 3 is 2.57 bits per heavy atom. The van der Waals surface area contributed by atoms with Gasteiger partial charge in [0.25, 0.3) is 5.91 Å². The number of amides is 2. The predicted molar refractivity (Wildman–Crippen MR) is 171 cm³/mol. The van der Waals surface area contributed by atoms with Gasteiger partial charge in [-0.3, -0.25) is 9.59 Å². The largest absolute Gasteiger partial charge is 0.406 e. The van der Waals surface area contributed by atoms with E-state index >= 15 is 0 Å². The molecule has 1 fully saturated rings. The van der Waals surface area contributed by atoms with Crippen molar-refractivity contribution in [3.63, 3.8) is 0 Å². The van der Waals surface area contributed by atoms with Crippen LogP contribution in [0.25, 0.3) is 20.9 Å². The van der Waals surface area contributed by atoms with Crippen LogP contribution in [0, 0.1) is 0 Å². The van der Waals surface area contributed by atoms with Gasteiger partial charge in [0.1, 0.15) is 12.7 Å². The molecule has 1 saturated heterocycles. The molecule has 2 aliphatic rings. The van der Waals surface area contributed by atoms with E-state index in [1.165, 1.54) is 11.3 Å². The van der Waals surface area contributed by atoms with Gasteiger partial charge in [0.15, 0.2) is 0 Å². The van der Waals surface area contributed by atoms with Crippen molar-refractivity contribution in [3.05, 3.63) is 88.1 Å². The van der Waals surface area contributed by atoms with Crippen molar-refractivity contribution in [1.82, 2.24) is 10.2 Å². The Morgan fingerprint density at radius 1 is 0.977 bits per heavy atom. The van der Waals surface area contributed by atoms with Crippen LogP contribution in [-0.2, 0) is 4.79 Å². The number of hydrogen-bond acceptors (Lipinski definition) is 5. The van der Waals surface area contributed by atoms with E-state index in [4.69, 9.17) is 0 Å². The van der Waals surface area contributed by atoms with Crippen LogP contribution in [0.2, 0.25) is 0 Å². The molecule has 2 amide bonds. The molecule has 3 heterocycles. The summed E-state index contributed by atoms with van der Waals surface area (Å²) in [6.45, 7) is 1.32. The monoisotopic (exact) mass is 637 g/mol. The third kappa shape index (κ3) is 6.15. The molecule has 44 heavy (non-hydrogen) atoms. The average Bonchev–Trinajstić information content (AvgIpc) is 3.78. The zero-order chi connectivity index (χ0) is 30.8. The highest BCUT2D eigenvalue weighted by atomic mass is 32.1. The number of nitrogens with zero attached hydrogens (tertiary/aromatic N) is 2. The summed E-state index contributed by atoms with van der Waals surface area (Å²) in [4.78, 5) is 33.6. The summed E-state index contributed by atoms with van der Waals surface area (Å²) in [5.41, 5.74) is 3.95. The lowest BCUT2D eigenvalue weighted by molar-refractivity contribution is -0.161. The normalized spacial score (nSPS) is 17.7. The zero-order valence-electron chi connectivity index (χ0n) is 24.4. The maximum Gasteiger partial charge on any atom is 0.406 e. The van der Waals surface area contributed by atoms with Gasteiger partial charge in [-0.15, -0.1) is 22.7 Å². The summed E-state index contributed by atoms with van der Waals surface area (Å²) in [5.74, 6) is -1.55. The van der Waals surface area contributed by atoms with Gasteiger partial charge in [0.05, 0.1) is 10.8 Å². The van der Waals surface area contributed by atoms with Crippen LogP contribution in [0.15, 0.2) is 72.1 Å². The Morgan fingerprint density at radius 2 is 1.80 bits per heavy atom. The maximum atomic E-state index is 14.2. The number of anilines is 1. The number of piperidine rings is 1. The molecular formula is C34H34F3N3O2S2. The number of thiophene rings is 2. The standard InChI is InChI=1S/C34H34F3N3O2S2/c1-2-3-18-39(21-34(35,36)37)33(42)31-24-11-5-4-10-22(24)23-12-8-13-25(30(23)31)40-19-7-6-15-29(40)38-32(41)28-17-16-27(44-28)26-14-9-20-43-26/h4-5,8-14,16-17,20,29,31H,2-3,6-7,15,18-19,21H2,1H3,(H,38,41). The van der Waals surface area contributed by atoms with Crippen LogP contribution < -0.4 is 10.2 Å². The molecule has 0 bridgehead atoms. The summed E-state index contributed by atoms with van der Waals surface area (Å²) in [6.07, 6.45) is -1.10. The molecule has 10 heteroatoms. The van der Waals surface area contributed by atoms with Gasteiger partial charge < -0.3 is 15.1 Å². The fourth-order valence-corrected chi connectivity index (χ4v) is 8.11. The highest BCUT2D eigenvalue weighted by Crippen LogP contribution is 2.50. The van der Waals surface area contributed by atoms with Crippen LogP contribution in [0.4, 0.5) is 18.9 Å². The fraction of sp³-hybridized carbons (Fsp3) is 0.353. The van der Waals surface area contributed by atoms with Crippen LogP contribution in [0.1, 0.15) is 65.7 Å². The molecule has 0 spiro atoms. The number of hydrogen-bond donors (Lipinski definition) is 1. The first-order chi connectivity index (χ1) is 21.2. The number of rotatable bonds is 9. The van der Waals surface area contributed by atoms with Gasteiger partial charge in [-0.1, -0.05) is 55.8 Å². The summed E-state index contributed by atoms with van der Waals surface area (Å²) in [7, 11) is 0. The fourth-order valence-electron chi connectivity index (χ4n) is 6.37. The van der Waals surface area contributed by atoms with Crippen LogP contribution in [-0.4, -0.2) is 48.7 Å². The number of unbranched alkanes of at least 4 members (excludes halogenated alkanes) is 1. The van der Waals surface area contributed by atoms with Crippen molar-refractivity contribution in [1.29, 1.82) is 0 Å². The van der Waals surface area contributed by atoms with Gasteiger partial charge in [-0.05, 0) is 72.0 Å². The van der Waals surface area contributed by atoms with Gasteiger partial charge in [0, 0.05) is 34.1 Å². The van der Waals surface area contributed by atoms with Crippen molar-refractivity contribution in [2.45, 2.75) is 57.3 Å². The van der Waals surface area contributed by atoms with Gasteiger partial charge in [-0.2, -0.15) is 13.2 Å². The molecule has 0 saturated carbocycles. The number of benzene rings is 2. The Bertz CT molecular complexity index is 1630. The Balaban J connectivity index is 1.34. The molecular weight excluding hydrogens is 604 g/mol. The lowest BCUT2D eigenvalue weighted by Gasteiger charge is -2.39. The maximum absolute atomic E-state index is 14.2. The van der Waals surface area contributed by atoms with E-state index in [9.17, 15) is 22.8 Å². The second-order valence-electron chi connectivity index (χ2n) is 11.3. The number of halogens is 3. The molecule has 5 nitrogen and oxygen atoms in total. The van der Waals surface area contributed by atoms with E-state index in [2.05, 4.69) is 10.2 Å². The highest BCUT2D eigenvalue weighted by Gasteiger charge is 2.42. The summed E-state index contributed by atoms with van der Waals surface area (Å²) < 4.78 is 41.1. The van der Waals surface area contributed by atoms with Crippen molar-refractivity contribution >= 4 is 40.2 Å². The summed E-state index contributed by atoms with van der Waals surface area (Å²) in [5, 5.41) is 5.25. The topological polar surface area (TPSA) is 52.7 Å². The third-order valence-corrected chi connectivity index (χ3v) is 10.5. The number of fused-ring (bicyclic) bond motifs is 3. The first kappa shape index (κ1) is 30.4. The smallest absolute Gasteiger partial charge is 0.351 e. The molecule has 1 N–H and O–H groups in total. The van der Waals surface area contributed by atoms with Crippen LogP contribution >= 0.6 is 22.7 Å². The molecule has 1 aliphatic heterocycles. The Kier molecular flexibility index (Phi) is 8.82. The van der Waals surface area contributed by atoms with Crippen molar-refractivity contribution in [2.24, 2.45) is 0 Å². The lowest BCUT2D eigenvalue weighted by atomic mass is 9.92. The first-order valence-electron chi connectivity index (χ1n) is 15.0. The lowest BCUT2D eigenvalue weighted by Crippen LogP contribution is -2.51. The second-order valence-corrected chi connectivity index (χ2v) is 13.3. The van der Waals surface area contributed by atoms with Crippen molar-refractivity contribution in [3.8, 4) is 20.9 Å². The van der Waals surface area contributed by atoms with Gasteiger partial charge in [0.2, 0.25) is 5.91 Å². The Hall–Kier alpha value is -3.63. The van der Waals surface area contributed by atoms with E-state index < -0.39 is 24.5 Å². The summed E-state index contributed by atoms with van der Waals surface area (Å²) in [6, 6.07) is 21.2. The van der Waals surface area contributed by atoms with Crippen molar-refractivity contribution < 1.29 is 22.8 Å². The first-order valence-corrected chi connectivity index (χ1v) is 16.7. The van der Waals surface area contributed by atoms with E-state index in [0.717, 1.165) is 61.9 Å². The SMILES string of the molecule is CCCCN(CC(F)(F)F)C(=O)C1c2ccccc2-c2cccc(N3CCCCC3NC(=O)c3ccc(-c4cccs4)s3)c21. The Labute approximate surface area is 263 Å². The average molecular weight is 638 g/mol. The predicted octanol–water partition coefficient (Wildman–Crippen LogP) is 8.53. The van der Waals surface area contributed by atoms with Gasteiger partial charge in [-0.25, -0.2) is 0 Å². The van der Waals surface area contributed by atoms with Gasteiger partial charge >= 0.3 is 6.18 Å². The summed E-state index contributed by atoms with van der Waals surface area (Å²) >= 11 is 3.08. The molecule has 2 unspecified atom stereocenters. The molecule has 2 atom stereocenters. The number of carbonyl (C=O) groups excluding carboxylic acids is 2. The number of alkyl halides is 3. The van der Waals surface area contributed by atoms with E-state index in [1.54, 1.807) is 11.3 Å². The molecule has 6 rings (SSSR count). The molecule has 2 aromatic heterocycles. The minimum absolute atomic E-state index is 0.0433. The molecule has 230 valence electrons. The number of nitrogens with one attached hydrogen (secondary N) is 1. The van der Waals surface area contributed by atoms with Crippen molar-refractivity contribution in [2.75, 3.05) is 24.5 Å². The minimum atomic E-state index is -4.50. The van der Waals surface area contributed by atoms with E-state index in [-0.39, 0.29) is 18.6 Å². The molecule has 4 aromatic rings. The van der Waals surface area contributed by atoms with Crippen LogP contribution in [0.3, 0.4) is 0 Å². The van der Waals surface area contributed by atoms with E-state index in [0.29, 0.717) is 24.3 Å². The molecule has 2 aromatic carbocycles. The van der Waals surface area contributed by atoms with Crippen LogP contribution in [0.5, 0.6) is 0 Å². The quantitative estimate of drug-likeness (QED) is 0.200. The zero-order valence-corrected chi connectivity index (χ0v) is 26.0. The molecule has 1 aliphatic carbocycles.